The predicted molar refractivity (Wildman–Crippen MR) is 60.0 cm³/mol. The fraction of sp³-hybridized carbons (Fsp3) is 0.400. The van der Waals surface area contributed by atoms with Gasteiger partial charge in [-0.15, -0.1) is 0 Å². The number of rotatable bonds is 2. The van der Waals surface area contributed by atoms with Crippen molar-refractivity contribution in [2.75, 3.05) is 25.1 Å². The minimum Gasteiger partial charge on any atom is -0.480 e. The lowest BCUT2D eigenvalue weighted by Gasteiger charge is -2.32. The van der Waals surface area contributed by atoms with E-state index in [0.717, 1.165) is 0 Å². The van der Waals surface area contributed by atoms with E-state index in [1.807, 2.05) is 0 Å². The molecule has 1 fully saturated rings. The van der Waals surface area contributed by atoms with Crippen molar-refractivity contribution in [2.24, 2.45) is 0 Å². The van der Waals surface area contributed by atoms with Gasteiger partial charge in [0.1, 0.15) is 6.33 Å². The molecule has 8 heteroatoms. The largest absolute Gasteiger partial charge is 0.480 e. The highest BCUT2D eigenvalue weighted by Gasteiger charge is 2.32. The lowest BCUT2D eigenvalue weighted by Crippen LogP contribution is -2.53. The maximum atomic E-state index is 11.9. The Bertz CT molecular complexity index is 439. The Morgan fingerprint density at radius 3 is 2.83 bits per heavy atom. The summed E-state index contributed by atoms with van der Waals surface area (Å²) in [6, 6.07) is -1.47. The van der Waals surface area contributed by atoms with Crippen LogP contribution in [0.5, 0.6) is 0 Å². The Morgan fingerprint density at radius 1 is 1.44 bits per heavy atom. The summed E-state index contributed by atoms with van der Waals surface area (Å²) in [6.45, 7) is 0.549. The molecule has 1 saturated heterocycles. The molecule has 0 saturated carbocycles. The number of anilines is 1. The average Bonchev–Trinajstić information content (AvgIpc) is 2.40. The molecule has 96 valence electrons. The van der Waals surface area contributed by atoms with E-state index in [2.05, 4.69) is 15.3 Å². The molecule has 1 unspecified atom stereocenters. The lowest BCUT2D eigenvalue weighted by molar-refractivity contribution is -0.147. The van der Waals surface area contributed by atoms with Gasteiger partial charge in [-0.25, -0.2) is 19.6 Å². The van der Waals surface area contributed by atoms with Crippen molar-refractivity contribution < 1.29 is 19.4 Å². The number of carboxylic acid groups (broad SMARTS) is 1. The molecule has 0 radical (unpaired) electrons. The Labute approximate surface area is 103 Å². The van der Waals surface area contributed by atoms with Crippen LogP contribution in [0.4, 0.5) is 10.5 Å². The highest BCUT2D eigenvalue weighted by molar-refractivity contribution is 5.92. The Kier molecular flexibility index (Phi) is 3.68. The molecule has 1 aliphatic heterocycles. The first-order chi connectivity index (χ1) is 8.68. The van der Waals surface area contributed by atoms with Gasteiger partial charge in [-0.1, -0.05) is 0 Å². The first kappa shape index (κ1) is 12.2. The molecule has 1 atom stereocenters. The Hall–Kier alpha value is -2.22. The van der Waals surface area contributed by atoms with Gasteiger partial charge in [0.05, 0.1) is 31.3 Å². The number of ether oxygens (including phenoxy) is 1. The van der Waals surface area contributed by atoms with Crippen molar-refractivity contribution in [1.29, 1.82) is 0 Å². The second kappa shape index (κ2) is 5.41. The van der Waals surface area contributed by atoms with Crippen LogP contribution in [-0.2, 0) is 9.53 Å². The monoisotopic (exact) mass is 252 g/mol. The van der Waals surface area contributed by atoms with Crippen molar-refractivity contribution in [3.63, 3.8) is 0 Å². The molecule has 2 amide bonds. The van der Waals surface area contributed by atoms with Gasteiger partial charge in [0.2, 0.25) is 0 Å². The average molecular weight is 252 g/mol. The maximum Gasteiger partial charge on any atom is 0.328 e. The van der Waals surface area contributed by atoms with E-state index in [0.29, 0.717) is 12.3 Å². The number of aromatic nitrogens is 2. The number of hydrogen-bond donors (Lipinski definition) is 2. The first-order valence-electron chi connectivity index (χ1n) is 5.31. The Balaban J connectivity index is 2.05. The summed E-state index contributed by atoms with van der Waals surface area (Å²) in [5, 5.41) is 11.5. The van der Waals surface area contributed by atoms with Crippen LogP contribution in [0, 0.1) is 0 Å². The molecule has 2 N–H and O–H groups in total. The molecular weight excluding hydrogens is 240 g/mol. The number of aliphatic carboxylic acids is 1. The van der Waals surface area contributed by atoms with Crippen LogP contribution in [0.15, 0.2) is 18.7 Å². The molecule has 1 aliphatic rings. The summed E-state index contributed by atoms with van der Waals surface area (Å²) in [5.41, 5.74) is 0.415. The normalized spacial score (nSPS) is 19.3. The number of morpholine rings is 1. The van der Waals surface area contributed by atoms with E-state index in [1.54, 1.807) is 0 Å². The molecule has 1 aromatic heterocycles. The SMILES string of the molecule is O=C(O)C1COCCN1C(=O)Nc1cncnc1. The van der Waals surface area contributed by atoms with Crippen LogP contribution < -0.4 is 5.32 Å². The number of urea groups is 1. The fourth-order valence-electron chi connectivity index (χ4n) is 1.61. The number of amides is 2. The standard InChI is InChI=1S/C10H12N4O4/c15-9(16)8-5-18-2-1-14(8)10(17)13-7-3-11-6-12-4-7/h3-4,6,8H,1-2,5H2,(H,13,17)(H,15,16). The number of hydrogen-bond acceptors (Lipinski definition) is 5. The van der Waals surface area contributed by atoms with Gasteiger partial charge >= 0.3 is 12.0 Å². The van der Waals surface area contributed by atoms with E-state index in [-0.39, 0.29) is 13.2 Å². The molecule has 0 bridgehead atoms. The third kappa shape index (κ3) is 2.72. The van der Waals surface area contributed by atoms with Crippen molar-refractivity contribution in [3.05, 3.63) is 18.7 Å². The summed E-state index contributed by atoms with van der Waals surface area (Å²) >= 11 is 0. The summed E-state index contributed by atoms with van der Waals surface area (Å²) in [5.74, 6) is -1.09. The molecular formula is C10H12N4O4. The third-order valence-corrected chi connectivity index (χ3v) is 2.49. The zero-order chi connectivity index (χ0) is 13.0. The lowest BCUT2D eigenvalue weighted by atomic mass is 10.2. The van der Waals surface area contributed by atoms with E-state index in [1.165, 1.54) is 23.6 Å². The molecule has 0 spiro atoms. The van der Waals surface area contributed by atoms with Crippen molar-refractivity contribution in [2.45, 2.75) is 6.04 Å². The van der Waals surface area contributed by atoms with Crippen LogP contribution in [-0.4, -0.2) is 57.8 Å². The number of carbonyl (C=O) groups excluding carboxylic acids is 1. The van der Waals surface area contributed by atoms with Crippen LogP contribution in [0.1, 0.15) is 0 Å². The van der Waals surface area contributed by atoms with E-state index in [4.69, 9.17) is 9.84 Å². The minimum atomic E-state index is -1.09. The molecule has 0 aliphatic carbocycles. The van der Waals surface area contributed by atoms with Crippen molar-refractivity contribution in [3.8, 4) is 0 Å². The van der Waals surface area contributed by atoms with Gasteiger partial charge in [-0.3, -0.25) is 0 Å². The number of nitrogens with one attached hydrogen (secondary N) is 1. The van der Waals surface area contributed by atoms with Crippen LogP contribution in [0.2, 0.25) is 0 Å². The number of carboxylic acids is 1. The third-order valence-electron chi connectivity index (χ3n) is 2.49. The zero-order valence-electron chi connectivity index (χ0n) is 9.44. The summed E-state index contributed by atoms with van der Waals surface area (Å²) in [4.78, 5) is 31.6. The zero-order valence-corrected chi connectivity index (χ0v) is 9.44. The van der Waals surface area contributed by atoms with E-state index in [9.17, 15) is 9.59 Å². The Morgan fingerprint density at radius 2 is 2.17 bits per heavy atom. The van der Waals surface area contributed by atoms with Crippen LogP contribution >= 0.6 is 0 Å². The molecule has 18 heavy (non-hydrogen) atoms. The van der Waals surface area contributed by atoms with Crippen molar-refractivity contribution >= 4 is 17.7 Å². The van der Waals surface area contributed by atoms with E-state index < -0.39 is 18.0 Å². The smallest absolute Gasteiger partial charge is 0.328 e. The van der Waals surface area contributed by atoms with Crippen LogP contribution in [0.3, 0.4) is 0 Å². The molecule has 2 heterocycles. The quantitative estimate of drug-likeness (QED) is 0.754. The molecule has 1 aromatic rings. The first-order valence-corrected chi connectivity index (χ1v) is 5.31. The van der Waals surface area contributed by atoms with Gasteiger partial charge in [0.15, 0.2) is 6.04 Å². The highest BCUT2D eigenvalue weighted by atomic mass is 16.5. The number of nitrogens with zero attached hydrogens (tertiary/aromatic N) is 3. The summed E-state index contributed by atoms with van der Waals surface area (Å²) in [7, 11) is 0. The van der Waals surface area contributed by atoms with Gasteiger partial charge in [0, 0.05) is 6.54 Å². The summed E-state index contributed by atoms with van der Waals surface area (Å²) in [6.07, 6.45) is 4.20. The van der Waals surface area contributed by atoms with Gasteiger partial charge < -0.3 is 20.1 Å². The summed E-state index contributed by atoms with van der Waals surface area (Å²) < 4.78 is 5.05. The second-order valence-electron chi connectivity index (χ2n) is 3.68. The van der Waals surface area contributed by atoms with Crippen molar-refractivity contribution in [1.82, 2.24) is 14.9 Å². The van der Waals surface area contributed by atoms with Crippen LogP contribution in [0.25, 0.3) is 0 Å². The second-order valence-corrected chi connectivity index (χ2v) is 3.68. The minimum absolute atomic E-state index is 0.00591. The molecule has 8 nitrogen and oxygen atoms in total. The van der Waals surface area contributed by atoms with Gasteiger partial charge in [0.25, 0.3) is 0 Å². The molecule has 0 aromatic carbocycles. The predicted octanol–water partition coefficient (Wildman–Crippen LogP) is -0.206. The molecule has 2 rings (SSSR count). The van der Waals surface area contributed by atoms with Gasteiger partial charge in [-0.05, 0) is 0 Å². The topological polar surface area (TPSA) is 105 Å². The van der Waals surface area contributed by atoms with E-state index >= 15 is 0 Å². The number of carbonyl (C=O) groups is 2. The maximum absolute atomic E-state index is 11.9. The highest BCUT2D eigenvalue weighted by Crippen LogP contribution is 2.10. The van der Waals surface area contributed by atoms with Gasteiger partial charge in [-0.2, -0.15) is 0 Å². The fourth-order valence-corrected chi connectivity index (χ4v) is 1.61.